The average Bonchev–Trinajstić information content (AvgIpc) is 3.09. The Morgan fingerprint density at radius 2 is 2.00 bits per heavy atom. The number of aromatic nitrogens is 5. The summed E-state index contributed by atoms with van der Waals surface area (Å²) in [6.07, 6.45) is 3.71. The van der Waals surface area contributed by atoms with Gasteiger partial charge in [0.25, 0.3) is 0 Å². The smallest absolute Gasteiger partial charge is 0.189 e. The molecule has 2 heterocycles. The fourth-order valence-electron chi connectivity index (χ4n) is 1.93. The first kappa shape index (κ1) is 12.3. The van der Waals surface area contributed by atoms with Crippen molar-refractivity contribution in [2.75, 3.05) is 0 Å². The minimum absolute atomic E-state index is 0.0693. The number of ketones is 1. The van der Waals surface area contributed by atoms with Crippen molar-refractivity contribution in [2.45, 2.75) is 6.42 Å². The summed E-state index contributed by atoms with van der Waals surface area (Å²) in [5, 5.41) is 12.0. The van der Waals surface area contributed by atoms with E-state index in [0.717, 1.165) is 5.69 Å². The van der Waals surface area contributed by atoms with Gasteiger partial charge in [-0.15, -0.1) is 5.10 Å². The van der Waals surface area contributed by atoms with Crippen molar-refractivity contribution in [1.29, 1.82) is 0 Å². The van der Waals surface area contributed by atoms with Crippen molar-refractivity contribution in [3.05, 3.63) is 60.2 Å². The van der Waals surface area contributed by atoms with Crippen molar-refractivity contribution in [3.8, 4) is 5.69 Å². The first-order chi connectivity index (χ1) is 9.72. The summed E-state index contributed by atoms with van der Waals surface area (Å²) in [6.45, 7) is 0. The maximum absolute atomic E-state index is 12.1. The normalized spacial score (nSPS) is 10.7. The molecule has 1 aromatic carbocycles. The lowest BCUT2D eigenvalue weighted by Gasteiger charge is -1.99. The van der Waals surface area contributed by atoms with Gasteiger partial charge in [-0.1, -0.05) is 23.4 Å². The quantitative estimate of drug-likeness (QED) is 0.671. The first-order valence-corrected chi connectivity index (χ1v) is 6.22. The van der Waals surface area contributed by atoms with Gasteiger partial charge in [0.2, 0.25) is 0 Å². The second-order valence-corrected chi connectivity index (χ2v) is 4.46. The van der Waals surface area contributed by atoms with E-state index in [-0.39, 0.29) is 12.2 Å². The molecular weight excluding hydrogens is 254 g/mol. The molecule has 6 heteroatoms. The van der Waals surface area contributed by atoms with Crippen LogP contribution in [0.15, 0.2) is 48.8 Å². The van der Waals surface area contributed by atoms with E-state index in [9.17, 15) is 4.79 Å². The van der Waals surface area contributed by atoms with Crippen LogP contribution in [0.1, 0.15) is 16.2 Å². The highest BCUT2D eigenvalue weighted by atomic mass is 16.1. The largest absolute Gasteiger partial charge is 0.292 e. The second-order valence-electron chi connectivity index (χ2n) is 4.46. The zero-order valence-electron chi connectivity index (χ0n) is 11.0. The van der Waals surface area contributed by atoms with Gasteiger partial charge in [-0.2, -0.15) is 5.10 Å². The van der Waals surface area contributed by atoms with E-state index >= 15 is 0 Å². The third-order valence-electron chi connectivity index (χ3n) is 2.89. The molecule has 6 nitrogen and oxygen atoms in total. The minimum atomic E-state index is -0.0693. The van der Waals surface area contributed by atoms with Crippen molar-refractivity contribution >= 4 is 5.78 Å². The number of aryl methyl sites for hydroxylation is 1. The minimum Gasteiger partial charge on any atom is -0.292 e. The van der Waals surface area contributed by atoms with Crippen molar-refractivity contribution in [2.24, 2.45) is 7.05 Å². The fraction of sp³-hybridized carbons (Fsp3) is 0.143. The molecule has 0 aliphatic heterocycles. The third kappa shape index (κ3) is 2.49. The Hall–Kier alpha value is -2.76. The molecule has 2 aromatic heterocycles. The third-order valence-corrected chi connectivity index (χ3v) is 2.89. The van der Waals surface area contributed by atoms with Crippen molar-refractivity contribution < 1.29 is 4.79 Å². The van der Waals surface area contributed by atoms with E-state index < -0.39 is 0 Å². The second kappa shape index (κ2) is 5.08. The Kier molecular flexibility index (Phi) is 3.12. The maximum atomic E-state index is 12.1. The van der Waals surface area contributed by atoms with E-state index in [2.05, 4.69) is 15.4 Å². The molecule has 0 fully saturated rings. The molecule has 0 spiro atoms. The SMILES string of the molecule is Cn1cc(CC(=O)c2ccn(-c3ccccc3)n2)nn1. The summed E-state index contributed by atoms with van der Waals surface area (Å²) < 4.78 is 3.26. The van der Waals surface area contributed by atoms with Crippen LogP contribution < -0.4 is 0 Å². The predicted molar refractivity (Wildman–Crippen MR) is 72.6 cm³/mol. The number of carbonyl (C=O) groups excluding carboxylic acids is 1. The van der Waals surface area contributed by atoms with Crippen LogP contribution in [0.3, 0.4) is 0 Å². The molecule has 0 N–H and O–H groups in total. The van der Waals surface area contributed by atoms with Gasteiger partial charge < -0.3 is 0 Å². The lowest BCUT2D eigenvalue weighted by atomic mass is 10.2. The number of carbonyl (C=O) groups is 1. The Balaban J connectivity index is 1.78. The molecule has 0 unspecified atom stereocenters. The zero-order chi connectivity index (χ0) is 13.9. The Morgan fingerprint density at radius 1 is 1.20 bits per heavy atom. The van der Waals surface area contributed by atoms with Crippen LogP contribution >= 0.6 is 0 Å². The van der Waals surface area contributed by atoms with E-state index in [1.807, 2.05) is 30.3 Å². The topological polar surface area (TPSA) is 65.6 Å². The van der Waals surface area contributed by atoms with Crippen LogP contribution in [0.2, 0.25) is 0 Å². The van der Waals surface area contributed by atoms with Gasteiger partial charge in [-0.3, -0.25) is 9.48 Å². The van der Waals surface area contributed by atoms with E-state index in [1.165, 1.54) is 0 Å². The van der Waals surface area contributed by atoms with E-state index in [0.29, 0.717) is 11.4 Å². The molecule has 0 saturated heterocycles. The van der Waals surface area contributed by atoms with Crippen molar-refractivity contribution in [3.63, 3.8) is 0 Å². The van der Waals surface area contributed by atoms with Gasteiger partial charge in [0.15, 0.2) is 5.78 Å². The fourth-order valence-corrected chi connectivity index (χ4v) is 1.93. The van der Waals surface area contributed by atoms with Crippen LogP contribution in [0.4, 0.5) is 0 Å². The van der Waals surface area contributed by atoms with Crippen LogP contribution in [0.5, 0.6) is 0 Å². The molecule has 0 saturated carbocycles. The summed E-state index contributed by atoms with van der Waals surface area (Å²) in [6, 6.07) is 11.4. The highest BCUT2D eigenvalue weighted by molar-refractivity contribution is 5.95. The van der Waals surface area contributed by atoms with Gasteiger partial charge in [0.05, 0.1) is 17.8 Å². The number of para-hydroxylation sites is 1. The lowest BCUT2D eigenvalue weighted by Crippen LogP contribution is -2.06. The first-order valence-electron chi connectivity index (χ1n) is 6.22. The monoisotopic (exact) mass is 267 g/mol. The van der Waals surface area contributed by atoms with Crippen LogP contribution in [0.25, 0.3) is 5.69 Å². The van der Waals surface area contributed by atoms with E-state index in [1.54, 1.807) is 34.9 Å². The molecule has 100 valence electrons. The van der Waals surface area contributed by atoms with Crippen LogP contribution in [-0.2, 0) is 13.5 Å². The van der Waals surface area contributed by atoms with Crippen LogP contribution in [-0.4, -0.2) is 30.6 Å². The number of hydrogen-bond donors (Lipinski definition) is 0. The molecule has 0 radical (unpaired) electrons. The number of nitrogens with zero attached hydrogens (tertiary/aromatic N) is 5. The zero-order valence-corrected chi connectivity index (χ0v) is 11.0. The Morgan fingerprint density at radius 3 is 2.70 bits per heavy atom. The molecule has 3 rings (SSSR count). The number of Topliss-reactive ketones (excluding diaryl/α,β-unsaturated/α-hetero) is 1. The van der Waals surface area contributed by atoms with Gasteiger partial charge in [-0.05, 0) is 18.2 Å². The lowest BCUT2D eigenvalue weighted by molar-refractivity contribution is 0.0986. The van der Waals surface area contributed by atoms with Gasteiger partial charge >= 0.3 is 0 Å². The highest BCUT2D eigenvalue weighted by Gasteiger charge is 2.13. The van der Waals surface area contributed by atoms with Gasteiger partial charge in [0.1, 0.15) is 5.69 Å². The molecular formula is C14H13N5O. The van der Waals surface area contributed by atoms with Gasteiger partial charge in [0, 0.05) is 19.4 Å². The summed E-state index contributed by atoms with van der Waals surface area (Å²) in [5.41, 5.74) is 2.00. The summed E-state index contributed by atoms with van der Waals surface area (Å²) >= 11 is 0. The molecule has 20 heavy (non-hydrogen) atoms. The predicted octanol–water partition coefficient (Wildman–Crippen LogP) is 1.43. The number of hydrogen-bond acceptors (Lipinski definition) is 4. The molecule has 0 atom stereocenters. The molecule has 0 bridgehead atoms. The molecule has 3 aromatic rings. The summed E-state index contributed by atoms with van der Waals surface area (Å²) in [7, 11) is 1.77. The summed E-state index contributed by atoms with van der Waals surface area (Å²) in [4.78, 5) is 12.1. The average molecular weight is 267 g/mol. The molecule has 0 aliphatic carbocycles. The van der Waals surface area contributed by atoms with Crippen LogP contribution in [0, 0.1) is 0 Å². The number of benzene rings is 1. The molecule has 0 amide bonds. The maximum Gasteiger partial charge on any atom is 0.189 e. The van der Waals surface area contributed by atoms with Gasteiger partial charge in [-0.25, -0.2) is 4.68 Å². The number of rotatable bonds is 4. The Labute approximate surface area is 115 Å². The summed E-state index contributed by atoms with van der Waals surface area (Å²) in [5.74, 6) is -0.0693. The standard InChI is InChI=1S/C14H13N5O/c1-18-10-11(15-17-18)9-14(20)13-7-8-19(16-13)12-5-3-2-4-6-12/h2-8,10H,9H2,1H3. The Bertz CT molecular complexity index is 729. The highest BCUT2D eigenvalue weighted by Crippen LogP contribution is 2.08. The van der Waals surface area contributed by atoms with E-state index in [4.69, 9.17) is 0 Å². The van der Waals surface area contributed by atoms with Crippen molar-refractivity contribution in [1.82, 2.24) is 24.8 Å². The molecule has 0 aliphatic rings.